The van der Waals surface area contributed by atoms with Crippen molar-refractivity contribution in [3.05, 3.63) is 62.1 Å². The molecule has 1 aliphatic carbocycles. The van der Waals surface area contributed by atoms with Crippen LogP contribution in [0.3, 0.4) is 0 Å². The molecule has 1 amide bonds. The maximum atomic E-state index is 12.9. The van der Waals surface area contributed by atoms with Gasteiger partial charge in [-0.2, -0.15) is 0 Å². The number of ketones is 2. The fraction of sp³-hybridized carbons (Fsp3) is 0.158. The van der Waals surface area contributed by atoms with Crippen LogP contribution < -0.4 is 5.32 Å². The molecule has 1 aliphatic rings. The number of anilines is 1. The zero-order chi connectivity index (χ0) is 19.7. The van der Waals surface area contributed by atoms with Gasteiger partial charge in [-0.05, 0) is 28.4 Å². The first-order valence-corrected chi connectivity index (χ1v) is 9.20. The predicted molar refractivity (Wildman–Crippen MR) is 103 cm³/mol. The van der Waals surface area contributed by atoms with E-state index in [9.17, 15) is 19.2 Å². The maximum absolute atomic E-state index is 12.9. The molecule has 2 aromatic rings. The molecular weight excluding hydrogens is 438 g/mol. The Balaban J connectivity index is 1.96. The van der Waals surface area contributed by atoms with Crippen LogP contribution in [0.25, 0.3) is 0 Å². The molecule has 2 aromatic carbocycles. The van der Waals surface area contributed by atoms with Crippen molar-refractivity contribution in [3.8, 4) is 0 Å². The molecule has 0 unspecified atom stereocenters. The number of halogens is 2. The molecular formula is C19H13BrClNO5. The summed E-state index contributed by atoms with van der Waals surface area (Å²) in [6.07, 6.45) is 0.0320. The van der Waals surface area contributed by atoms with Crippen molar-refractivity contribution in [2.24, 2.45) is 0 Å². The van der Waals surface area contributed by atoms with E-state index in [4.69, 9.17) is 16.7 Å². The summed E-state index contributed by atoms with van der Waals surface area (Å²) in [6, 6.07) is 7.87. The van der Waals surface area contributed by atoms with Crippen molar-refractivity contribution in [1.82, 2.24) is 0 Å². The average Bonchev–Trinajstić information content (AvgIpc) is 2.62. The van der Waals surface area contributed by atoms with Gasteiger partial charge >= 0.3 is 5.97 Å². The number of fused-ring (bicyclic) bond motifs is 2. The highest BCUT2D eigenvalue weighted by Gasteiger charge is 2.33. The molecule has 0 atom stereocenters. The summed E-state index contributed by atoms with van der Waals surface area (Å²) in [7, 11) is 0. The van der Waals surface area contributed by atoms with Crippen molar-refractivity contribution < 1.29 is 24.3 Å². The first-order chi connectivity index (χ1) is 12.8. The van der Waals surface area contributed by atoms with Crippen molar-refractivity contribution >= 4 is 56.7 Å². The van der Waals surface area contributed by atoms with Gasteiger partial charge in [-0.15, -0.1) is 0 Å². The number of carbonyl (C=O) groups excluding carboxylic acids is 3. The van der Waals surface area contributed by atoms with Crippen LogP contribution in [0.2, 0.25) is 5.02 Å². The van der Waals surface area contributed by atoms with E-state index in [0.29, 0.717) is 5.56 Å². The second-order valence-electron chi connectivity index (χ2n) is 5.97. The van der Waals surface area contributed by atoms with Gasteiger partial charge in [0.1, 0.15) is 0 Å². The number of amides is 1. The Morgan fingerprint density at radius 3 is 2.30 bits per heavy atom. The summed E-state index contributed by atoms with van der Waals surface area (Å²) in [5.74, 6) is -2.08. The van der Waals surface area contributed by atoms with Crippen molar-refractivity contribution in [1.29, 1.82) is 0 Å². The third kappa shape index (κ3) is 3.65. The van der Waals surface area contributed by atoms with E-state index >= 15 is 0 Å². The van der Waals surface area contributed by atoms with E-state index in [0.717, 1.165) is 0 Å². The van der Waals surface area contributed by atoms with Crippen LogP contribution in [0.5, 0.6) is 0 Å². The Morgan fingerprint density at radius 1 is 1.04 bits per heavy atom. The summed E-state index contributed by atoms with van der Waals surface area (Å²) in [5, 5.41) is 11.3. The quantitative estimate of drug-likeness (QED) is 0.610. The maximum Gasteiger partial charge on any atom is 0.303 e. The summed E-state index contributed by atoms with van der Waals surface area (Å²) in [5.41, 5.74) is 1.08. The van der Waals surface area contributed by atoms with Crippen LogP contribution in [-0.2, 0) is 9.59 Å². The normalized spacial score (nSPS) is 12.4. The number of hydrogen-bond donors (Lipinski definition) is 2. The highest BCUT2D eigenvalue weighted by atomic mass is 79.9. The Hall–Kier alpha value is -2.51. The summed E-state index contributed by atoms with van der Waals surface area (Å²) >= 11 is 9.52. The molecule has 8 heteroatoms. The first kappa shape index (κ1) is 19.3. The van der Waals surface area contributed by atoms with E-state index in [1.807, 2.05) is 0 Å². The SMILES string of the molecule is O=C(O)CCCC(=O)Nc1c(Cl)cc2c(c1Br)C(=O)c1ccccc1C2=O. The Kier molecular flexibility index (Phi) is 5.43. The number of carboxylic acids is 1. The van der Waals surface area contributed by atoms with Crippen LogP contribution in [0, 0.1) is 0 Å². The van der Waals surface area contributed by atoms with E-state index in [2.05, 4.69) is 21.2 Å². The fourth-order valence-corrected chi connectivity index (χ4v) is 3.97. The minimum absolute atomic E-state index is 0.0120. The van der Waals surface area contributed by atoms with Gasteiger partial charge in [0, 0.05) is 29.5 Å². The van der Waals surface area contributed by atoms with Gasteiger partial charge in [-0.3, -0.25) is 19.2 Å². The van der Waals surface area contributed by atoms with Crippen LogP contribution in [0.4, 0.5) is 5.69 Å². The third-order valence-corrected chi connectivity index (χ3v) is 5.26. The first-order valence-electron chi connectivity index (χ1n) is 8.03. The lowest BCUT2D eigenvalue weighted by molar-refractivity contribution is -0.137. The molecule has 3 rings (SSSR count). The van der Waals surface area contributed by atoms with E-state index in [1.54, 1.807) is 24.3 Å². The fourth-order valence-electron chi connectivity index (χ4n) is 2.90. The van der Waals surface area contributed by atoms with Crippen molar-refractivity contribution in [2.45, 2.75) is 19.3 Å². The standard InChI is InChI=1S/C19H13BrClNO5/c20-16-15-11(18(26)9-4-1-2-5-10(9)19(15)27)8-12(21)17(16)22-13(23)6-3-7-14(24)25/h1-2,4-5,8H,3,6-7H2,(H,22,23)(H,24,25). The molecule has 0 saturated heterocycles. The van der Waals surface area contributed by atoms with E-state index in [-0.39, 0.29) is 62.7 Å². The Morgan fingerprint density at radius 2 is 1.67 bits per heavy atom. The lowest BCUT2D eigenvalue weighted by Gasteiger charge is -2.21. The molecule has 0 fully saturated rings. The van der Waals surface area contributed by atoms with Crippen molar-refractivity contribution in [3.63, 3.8) is 0 Å². The number of nitrogens with one attached hydrogen (secondary N) is 1. The van der Waals surface area contributed by atoms with Gasteiger partial charge in [0.2, 0.25) is 5.91 Å². The predicted octanol–water partition coefficient (Wildman–Crippen LogP) is 4.07. The van der Waals surface area contributed by atoms with Crippen LogP contribution >= 0.6 is 27.5 Å². The lowest BCUT2D eigenvalue weighted by Crippen LogP contribution is -2.22. The molecule has 0 aliphatic heterocycles. The van der Waals surface area contributed by atoms with Crippen LogP contribution in [-0.4, -0.2) is 28.5 Å². The monoisotopic (exact) mass is 449 g/mol. The highest BCUT2D eigenvalue weighted by Crippen LogP contribution is 2.40. The van der Waals surface area contributed by atoms with Crippen molar-refractivity contribution in [2.75, 3.05) is 5.32 Å². The molecule has 0 bridgehead atoms. The number of benzene rings is 2. The molecule has 0 radical (unpaired) electrons. The smallest absolute Gasteiger partial charge is 0.303 e. The zero-order valence-electron chi connectivity index (χ0n) is 13.8. The number of rotatable bonds is 5. The number of hydrogen-bond acceptors (Lipinski definition) is 4. The molecule has 0 aromatic heterocycles. The average molecular weight is 451 g/mol. The molecule has 0 heterocycles. The molecule has 6 nitrogen and oxygen atoms in total. The summed E-state index contributed by atoms with van der Waals surface area (Å²) < 4.78 is 0.226. The molecule has 138 valence electrons. The van der Waals surface area contributed by atoms with Crippen LogP contribution in [0.15, 0.2) is 34.8 Å². The Bertz CT molecular complexity index is 1000. The van der Waals surface area contributed by atoms with Gasteiger partial charge in [-0.1, -0.05) is 35.9 Å². The Labute approximate surface area is 167 Å². The molecule has 2 N–H and O–H groups in total. The largest absolute Gasteiger partial charge is 0.481 e. The van der Waals surface area contributed by atoms with Gasteiger partial charge in [0.15, 0.2) is 11.6 Å². The topological polar surface area (TPSA) is 101 Å². The minimum atomic E-state index is -0.987. The number of carboxylic acid groups (broad SMARTS) is 1. The van der Waals surface area contributed by atoms with Crippen LogP contribution in [0.1, 0.15) is 51.1 Å². The molecule has 27 heavy (non-hydrogen) atoms. The summed E-state index contributed by atoms with van der Waals surface area (Å²) in [4.78, 5) is 48.2. The molecule has 0 saturated carbocycles. The third-order valence-electron chi connectivity index (χ3n) is 4.17. The molecule has 0 spiro atoms. The van der Waals surface area contributed by atoms with Gasteiger partial charge in [-0.25, -0.2) is 0 Å². The second kappa shape index (κ2) is 7.62. The van der Waals surface area contributed by atoms with Gasteiger partial charge < -0.3 is 10.4 Å². The minimum Gasteiger partial charge on any atom is -0.481 e. The number of aliphatic carboxylic acids is 1. The second-order valence-corrected chi connectivity index (χ2v) is 7.17. The van der Waals surface area contributed by atoms with Gasteiger partial charge in [0.05, 0.1) is 20.7 Å². The van der Waals surface area contributed by atoms with E-state index in [1.165, 1.54) is 6.07 Å². The number of carbonyl (C=O) groups is 4. The highest BCUT2D eigenvalue weighted by molar-refractivity contribution is 9.10. The van der Waals surface area contributed by atoms with E-state index < -0.39 is 11.9 Å². The lowest BCUT2D eigenvalue weighted by atomic mass is 9.84. The van der Waals surface area contributed by atoms with Gasteiger partial charge in [0.25, 0.3) is 0 Å². The zero-order valence-corrected chi connectivity index (χ0v) is 16.2. The summed E-state index contributed by atoms with van der Waals surface area (Å²) in [6.45, 7) is 0.